The van der Waals surface area contributed by atoms with Crippen molar-refractivity contribution in [2.45, 2.75) is 37.5 Å². The van der Waals surface area contributed by atoms with Crippen molar-refractivity contribution < 1.29 is 0 Å². The maximum absolute atomic E-state index is 9.81. The number of nitrogens with zero attached hydrogens (tertiary/aromatic N) is 2. The number of aromatic nitrogens is 1. The van der Waals surface area contributed by atoms with Gasteiger partial charge in [-0.15, -0.1) is 0 Å². The van der Waals surface area contributed by atoms with Crippen LogP contribution < -0.4 is 0 Å². The molecule has 2 heteroatoms. The van der Waals surface area contributed by atoms with Gasteiger partial charge in [0.05, 0.1) is 23.0 Å². The van der Waals surface area contributed by atoms with E-state index < -0.39 is 0 Å². The molecule has 0 amide bonds. The second kappa shape index (κ2) is 12.3. The van der Waals surface area contributed by atoms with Gasteiger partial charge in [-0.05, 0) is 148 Å². The summed E-state index contributed by atoms with van der Waals surface area (Å²) < 4.78 is 0. The Morgan fingerprint density at radius 3 is 1.69 bits per heavy atom. The Morgan fingerprint density at radius 1 is 0.444 bits per heavy atom. The SMILES string of the molecule is N#Cc1cccc(-c2cccc3c2-c2ccc(-c4cccc(-c5cc(-c6ccccc6)nc(-c6ccccc6)c5)c4)cc2C32C3CC4CC(C3)CC2C4)c1. The van der Waals surface area contributed by atoms with E-state index in [0.717, 1.165) is 39.9 Å². The quantitative estimate of drug-likeness (QED) is 0.180. The number of hydrogen-bond acceptors (Lipinski definition) is 2. The van der Waals surface area contributed by atoms with Crippen LogP contribution in [0.3, 0.4) is 0 Å². The molecule has 2 nitrogen and oxygen atoms in total. The highest BCUT2D eigenvalue weighted by atomic mass is 14.7. The molecule has 4 saturated carbocycles. The fraction of sp³-hybridized carbons (Fsp3) is 0.192. The lowest BCUT2D eigenvalue weighted by Crippen LogP contribution is -2.55. The summed E-state index contributed by atoms with van der Waals surface area (Å²) in [4.78, 5) is 5.15. The fourth-order valence-electron chi connectivity index (χ4n) is 11.5. The molecule has 0 N–H and O–H groups in total. The average molecular weight is 693 g/mol. The topological polar surface area (TPSA) is 36.7 Å². The molecule has 5 aliphatic carbocycles. The van der Waals surface area contributed by atoms with Crippen LogP contribution in [0.4, 0.5) is 0 Å². The molecule has 7 aromatic rings. The van der Waals surface area contributed by atoms with E-state index in [1.165, 1.54) is 76.6 Å². The first-order valence-electron chi connectivity index (χ1n) is 19.7. The van der Waals surface area contributed by atoms with E-state index in [-0.39, 0.29) is 5.41 Å². The third-order valence-corrected chi connectivity index (χ3v) is 13.5. The predicted octanol–water partition coefficient (Wildman–Crippen LogP) is 13.0. The third kappa shape index (κ3) is 4.81. The molecule has 0 aliphatic heterocycles. The summed E-state index contributed by atoms with van der Waals surface area (Å²) in [6.45, 7) is 0. The van der Waals surface area contributed by atoms with E-state index in [9.17, 15) is 5.26 Å². The smallest absolute Gasteiger partial charge is 0.0991 e. The first-order valence-corrected chi connectivity index (χ1v) is 19.7. The summed E-state index contributed by atoms with van der Waals surface area (Å²) in [7, 11) is 0. The van der Waals surface area contributed by atoms with Gasteiger partial charge in [0.1, 0.15) is 0 Å². The highest BCUT2D eigenvalue weighted by Gasteiger charge is 2.61. The van der Waals surface area contributed by atoms with E-state index >= 15 is 0 Å². The second-order valence-corrected chi connectivity index (χ2v) is 16.3. The van der Waals surface area contributed by atoms with Crippen molar-refractivity contribution in [3.63, 3.8) is 0 Å². The van der Waals surface area contributed by atoms with Crippen LogP contribution in [0.25, 0.3) is 67.0 Å². The molecule has 0 saturated heterocycles. The zero-order valence-electron chi connectivity index (χ0n) is 30.3. The molecule has 0 atom stereocenters. The molecule has 1 spiro atoms. The molecule has 258 valence electrons. The van der Waals surface area contributed by atoms with Crippen LogP contribution in [0, 0.1) is 35.0 Å². The highest BCUT2D eigenvalue weighted by molar-refractivity contribution is 5.94. The highest BCUT2D eigenvalue weighted by Crippen LogP contribution is 2.70. The van der Waals surface area contributed by atoms with E-state index in [4.69, 9.17) is 4.98 Å². The van der Waals surface area contributed by atoms with Gasteiger partial charge in [0.2, 0.25) is 0 Å². The fourth-order valence-corrected chi connectivity index (χ4v) is 11.5. The lowest BCUT2D eigenvalue weighted by Gasteiger charge is -2.61. The van der Waals surface area contributed by atoms with Crippen LogP contribution in [0.2, 0.25) is 0 Å². The van der Waals surface area contributed by atoms with E-state index in [1.807, 2.05) is 12.1 Å². The van der Waals surface area contributed by atoms with Crippen LogP contribution in [-0.2, 0) is 5.41 Å². The van der Waals surface area contributed by atoms with Crippen LogP contribution in [0.15, 0.2) is 158 Å². The summed E-state index contributed by atoms with van der Waals surface area (Å²) in [6, 6.07) is 59.7. The van der Waals surface area contributed by atoms with Crippen LogP contribution in [0.1, 0.15) is 48.8 Å². The van der Waals surface area contributed by atoms with Crippen molar-refractivity contribution in [2.24, 2.45) is 23.7 Å². The van der Waals surface area contributed by atoms with Crippen molar-refractivity contribution in [1.82, 2.24) is 4.98 Å². The standard InChI is InChI=1S/C52H40N2/c53-32-33-10-7-17-41(23-33)45-18-9-19-47-51(45)46-21-20-40(29-48(46)52(47)43-24-34-22-35(26-43)27-44(52)25-34)38-15-8-16-39(28-38)42-30-49(36-11-3-1-4-12-36)54-50(31-42)37-13-5-2-6-14-37/h1-21,23,28-31,34-35,43-44H,22,24-27H2. The molecule has 5 aliphatic rings. The second-order valence-electron chi connectivity index (χ2n) is 16.3. The summed E-state index contributed by atoms with van der Waals surface area (Å²) >= 11 is 0. The Bertz CT molecular complexity index is 2540. The molecule has 1 heterocycles. The minimum Gasteiger partial charge on any atom is -0.248 e. The molecular weight excluding hydrogens is 653 g/mol. The minimum atomic E-state index is 0.0365. The van der Waals surface area contributed by atoms with Gasteiger partial charge in [0.25, 0.3) is 0 Å². The lowest BCUT2D eigenvalue weighted by molar-refractivity contribution is -0.0399. The average Bonchev–Trinajstić information content (AvgIpc) is 3.53. The Labute approximate surface area is 317 Å². The Morgan fingerprint density at radius 2 is 1.02 bits per heavy atom. The Hall–Kier alpha value is -6.04. The van der Waals surface area contributed by atoms with Crippen molar-refractivity contribution in [1.29, 1.82) is 5.26 Å². The zero-order chi connectivity index (χ0) is 35.8. The maximum atomic E-state index is 9.81. The molecule has 0 unspecified atom stereocenters. The van der Waals surface area contributed by atoms with E-state index in [0.29, 0.717) is 17.4 Å². The number of fused-ring (bicyclic) bond motifs is 3. The summed E-state index contributed by atoms with van der Waals surface area (Å²) in [6.07, 6.45) is 6.80. The van der Waals surface area contributed by atoms with Crippen LogP contribution in [0.5, 0.6) is 0 Å². The van der Waals surface area contributed by atoms with Crippen molar-refractivity contribution in [2.75, 3.05) is 0 Å². The summed E-state index contributed by atoms with van der Waals surface area (Å²) in [5, 5.41) is 9.81. The number of benzene rings is 6. The van der Waals surface area contributed by atoms with Crippen molar-refractivity contribution in [3.8, 4) is 73.1 Å². The van der Waals surface area contributed by atoms with E-state index in [2.05, 4.69) is 152 Å². The molecule has 4 bridgehead atoms. The first-order chi connectivity index (χ1) is 26.7. The van der Waals surface area contributed by atoms with Gasteiger partial charge >= 0.3 is 0 Å². The van der Waals surface area contributed by atoms with Gasteiger partial charge in [-0.3, -0.25) is 0 Å². The van der Waals surface area contributed by atoms with Gasteiger partial charge in [-0.2, -0.15) is 5.26 Å². The molecule has 54 heavy (non-hydrogen) atoms. The molecule has 1 aromatic heterocycles. The molecule has 4 fully saturated rings. The molecule has 12 rings (SSSR count). The molecule has 0 radical (unpaired) electrons. The molecular formula is C52H40N2. The Kier molecular flexibility index (Phi) is 7.15. The summed E-state index contributed by atoms with van der Waals surface area (Å²) in [5.41, 5.74) is 18.1. The molecule has 6 aromatic carbocycles. The van der Waals surface area contributed by atoms with Gasteiger partial charge in [0, 0.05) is 16.5 Å². The first kappa shape index (κ1) is 31.5. The monoisotopic (exact) mass is 692 g/mol. The third-order valence-electron chi connectivity index (χ3n) is 13.5. The zero-order valence-corrected chi connectivity index (χ0v) is 30.3. The number of nitriles is 1. The number of rotatable bonds is 5. The van der Waals surface area contributed by atoms with Gasteiger partial charge < -0.3 is 0 Å². The van der Waals surface area contributed by atoms with Crippen molar-refractivity contribution >= 4 is 0 Å². The summed E-state index contributed by atoms with van der Waals surface area (Å²) in [5.74, 6) is 3.09. The Balaban J connectivity index is 1.07. The van der Waals surface area contributed by atoms with Crippen LogP contribution in [-0.4, -0.2) is 4.98 Å². The predicted molar refractivity (Wildman–Crippen MR) is 219 cm³/mol. The van der Waals surface area contributed by atoms with Gasteiger partial charge in [-0.25, -0.2) is 4.98 Å². The van der Waals surface area contributed by atoms with Gasteiger partial charge in [-0.1, -0.05) is 121 Å². The van der Waals surface area contributed by atoms with Gasteiger partial charge in [0.15, 0.2) is 0 Å². The maximum Gasteiger partial charge on any atom is 0.0991 e. The normalized spacial score (nSPS) is 22.9. The number of pyridine rings is 1. The van der Waals surface area contributed by atoms with Crippen molar-refractivity contribution in [3.05, 3.63) is 174 Å². The number of hydrogen-bond donors (Lipinski definition) is 0. The van der Waals surface area contributed by atoms with Crippen LogP contribution >= 0.6 is 0 Å². The van der Waals surface area contributed by atoms with E-state index in [1.54, 1.807) is 5.56 Å². The largest absolute Gasteiger partial charge is 0.248 e. The minimum absolute atomic E-state index is 0.0365. The lowest BCUT2D eigenvalue weighted by atomic mass is 9.43.